The van der Waals surface area contributed by atoms with Gasteiger partial charge >= 0.3 is 0 Å². The van der Waals surface area contributed by atoms with E-state index in [0.717, 1.165) is 18.7 Å². The van der Waals surface area contributed by atoms with Crippen molar-refractivity contribution < 1.29 is 4.79 Å². The van der Waals surface area contributed by atoms with Gasteiger partial charge in [-0.25, -0.2) is 0 Å². The number of hydrogen-bond acceptors (Lipinski definition) is 3. The Bertz CT molecular complexity index is 349. The molecule has 2 saturated heterocycles. The van der Waals surface area contributed by atoms with Crippen LogP contribution in [0.5, 0.6) is 0 Å². The van der Waals surface area contributed by atoms with E-state index >= 15 is 0 Å². The Hall–Kier alpha value is -0.870. The minimum atomic E-state index is 0.269. The van der Waals surface area contributed by atoms with Gasteiger partial charge < -0.3 is 10.2 Å². The molecule has 0 spiro atoms. The number of hydrogen-bond donors (Lipinski definition) is 1. The van der Waals surface area contributed by atoms with Crippen LogP contribution in [0.1, 0.15) is 12.8 Å². The highest BCUT2D eigenvalue weighted by Gasteiger charge is 2.43. The molecule has 2 aliphatic heterocycles. The molecule has 0 saturated carbocycles. The summed E-state index contributed by atoms with van der Waals surface area (Å²) in [5, 5.41) is 7.46. The fourth-order valence-electron chi connectivity index (χ4n) is 2.47. The van der Waals surface area contributed by atoms with Crippen molar-refractivity contribution in [3.05, 3.63) is 16.8 Å². The van der Waals surface area contributed by atoms with Crippen LogP contribution in [0.15, 0.2) is 16.8 Å². The third-order valence-electron chi connectivity index (χ3n) is 3.09. The molecular formula is C10H12N2OS. The van der Waals surface area contributed by atoms with Crippen LogP contribution >= 0.6 is 11.3 Å². The molecule has 1 N–H and O–H groups in total. The first-order valence-corrected chi connectivity index (χ1v) is 5.88. The molecule has 14 heavy (non-hydrogen) atoms. The van der Waals surface area contributed by atoms with Crippen molar-refractivity contribution in [2.24, 2.45) is 0 Å². The van der Waals surface area contributed by atoms with E-state index in [1.807, 2.05) is 16.3 Å². The molecule has 0 aliphatic carbocycles. The van der Waals surface area contributed by atoms with Gasteiger partial charge in [-0.1, -0.05) is 0 Å². The van der Waals surface area contributed by atoms with Crippen molar-refractivity contribution in [1.29, 1.82) is 0 Å². The van der Waals surface area contributed by atoms with Crippen molar-refractivity contribution >= 4 is 22.9 Å². The Kier molecular flexibility index (Phi) is 1.85. The van der Waals surface area contributed by atoms with E-state index in [4.69, 9.17) is 0 Å². The molecule has 3 rings (SSSR count). The topological polar surface area (TPSA) is 32.3 Å². The highest BCUT2D eigenvalue weighted by atomic mass is 32.1. The molecule has 1 aromatic heterocycles. The quantitative estimate of drug-likeness (QED) is 0.752. The number of nitrogens with one attached hydrogen (secondary N) is 1. The number of amides is 1. The van der Waals surface area contributed by atoms with Crippen LogP contribution in [0.25, 0.3) is 0 Å². The summed E-state index contributed by atoms with van der Waals surface area (Å²) in [7, 11) is 0. The molecule has 0 radical (unpaired) electrons. The van der Waals surface area contributed by atoms with Crippen molar-refractivity contribution in [1.82, 2.24) is 5.32 Å². The number of anilines is 1. The van der Waals surface area contributed by atoms with Crippen LogP contribution in [0, 0.1) is 0 Å². The second-order valence-electron chi connectivity index (χ2n) is 3.87. The lowest BCUT2D eigenvalue weighted by Gasteiger charge is -2.21. The van der Waals surface area contributed by atoms with Crippen molar-refractivity contribution in [2.45, 2.75) is 24.9 Å². The van der Waals surface area contributed by atoms with Crippen LogP contribution in [0.2, 0.25) is 0 Å². The summed E-state index contributed by atoms with van der Waals surface area (Å²) in [5.74, 6) is 0.269. The largest absolute Gasteiger partial charge is 0.311 e. The van der Waals surface area contributed by atoms with Crippen molar-refractivity contribution in [3.8, 4) is 0 Å². The number of carbonyl (C=O) groups is 1. The lowest BCUT2D eigenvalue weighted by Crippen LogP contribution is -2.35. The van der Waals surface area contributed by atoms with E-state index in [0.29, 0.717) is 18.5 Å². The Morgan fingerprint density at radius 2 is 2.50 bits per heavy atom. The van der Waals surface area contributed by atoms with E-state index in [9.17, 15) is 4.79 Å². The molecule has 0 aromatic carbocycles. The van der Waals surface area contributed by atoms with Gasteiger partial charge in [0.2, 0.25) is 5.91 Å². The van der Waals surface area contributed by atoms with E-state index < -0.39 is 0 Å². The first kappa shape index (κ1) is 8.44. The van der Waals surface area contributed by atoms with Gasteiger partial charge in [-0.2, -0.15) is 11.3 Å². The standard InChI is InChI=1S/C10H12N2OS/c13-10-5-8-9(1-3-11-8)12(10)7-2-4-14-6-7/h2,4,6,8-9,11H,1,3,5H2/t8-,9+/m1/s1. The smallest absolute Gasteiger partial charge is 0.228 e. The van der Waals surface area contributed by atoms with Gasteiger partial charge in [0.15, 0.2) is 0 Å². The molecule has 1 aromatic rings. The summed E-state index contributed by atoms with van der Waals surface area (Å²) in [5.41, 5.74) is 1.08. The molecule has 0 bridgehead atoms. The third kappa shape index (κ3) is 1.11. The third-order valence-corrected chi connectivity index (χ3v) is 3.76. The first-order chi connectivity index (χ1) is 6.86. The molecule has 1 amide bonds. The maximum Gasteiger partial charge on any atom is 0.228 e. The predicted molar refractivity (Wildman–Crippen MR) is 56.6 cm³/mol. The molecule has 2 atom stereocenters. The number of fused-ring (bicyclic) bond motifs is 1. The maximum atomic E-state index is 11.8. The van der Waals surface area contributed by atoms with E-state index in [1.54, 1.807) is 11.3 Å². The van der Waals surface area contributed by atoms with Gasteiger partial charge in [-0.3, -0.25) is 4.79 Å². The Labute approximate surface area is 86.7 Å². The van der Waals surface area contributed by atoms with Crippen molar-refractivity contribution in [3.63, 3.8) is 0 Å². The normalized spacial score (nSPS) is 31.1. The number of thiophene rings is 1. The molecule has 74 valence electrons. The molecule has 3 nitrogen and oxygen atoms in total. The Morgan fingerprint density at radius 3 is 3.29 bits per heavy atom. The monoisotopic (exact) mass is 208 g/mol. The van der Waals surface area contributed by atoms with Gasteiger partial charge in [0.25, 0.3) is 0 Å². The highest BCUT2D eigenvalue weighted by Crippen LogP contribution is 2.32. The summed E-state index contributed by atoms with van der Waals surface area (Å²) >= 11 is 1.65. The fourth-order valence-corrected chi connectivity index (χ4v) is 3.10. The average Bonchev–Trinajstić information content (AvgIpc) is 2.78. The predicted octanol–water partition coefficient (Wildman–Crippen LogP) is 1.22. The molecule has 3 heterocycles. The second kappa shape index (κ2) is 3.07. The van der Waals surface area contributed by atoms with E-state index in [-0.39, 0.29) is 5.91 Å². The summed E-state index contributed by atoms with van der Waals surface area (Å²) in [6.07, 6.45) is 1.76. The van der Waals surface area contributed by atoms with Gasteiger partial charge in [0.05, 0.1) is 11.7 Å². The van der Waals surface area contributed by atoms with Crippen LogP contribution in [0.3, 0.4) is 0 Å². The average molecular weight is 208 g/mol. The fraction of sp³-hybridized carbons (Fsp3) is 0.500. The molecular weight excluding hydrogens is 196 g/mol. The van der Waals surface area contributed by atoms with Crippen LogP contribution in [-0.2, 0) is 4.79 Å². The first-order valence-electron chi connectivity index (χ1n) is 4.94. The number of carbonyl (C=O) groups excluding carboxylic acids is 1. The summed E-state index contributed by atoms with van der Waals surface area (Å²) < 4.78 is 0. The summed E-state index contributed by atoms with van der Waals surface area (Å²) in [6, 6.07) is 2.82. The van der Waals surface area contributed by atoms with Gasteiger partial charge in [-0.15, -0.1) is 0 Å². The number of nitrogens with zero attached hydrogens (tertiary/aromatic N) is 1. The second-order valence-corrected chi connectivity index (χ2v) is 4.65. The molecule has 0 unspecified atom stereocenters. The minimum absolute atomic E-state index is 0.269. The molecule has 4 heteroatoms. The molecule has 2 aliphatic rings. The zero-order chi connectivity index (χ0) is 9.54. The molecule has 2 fully saturated rings. The van der Waals surface area contributed by atoms with Gasteiger partial charge in [0.1, 0.15) is 0 Å². The number of rotatable bonds is 1. The van der Waals surface area contributed by atoms with Crippen LogP contribution in [0.4, 0.5) is 5.69 Å². The lowest BCUT2D eigenvalue weighted by atomic mass is 10.1. The van der Waals surface area contributed by atoms with Crippen LogP contribution in [-0.4, -0.2) is 24.5 Å². The summed E-state index contributed by atoms with van der Waals surface area (Å²) in [6.45, 7) is 1.04. The zero-order valence-electron chi connectivity index (χ0n) is 7.77. The Morgan fingerprint density at radius 1 is 1.57 bits per heavy atom. The Balaban J connectivity index is 1.94. The van der Waals surface area contributed by atoms with Crippen LogP contribution < -0.4 is 10.2 Å². The lowest BCUT2D eigenvalue weighted by molar-refractivity contribution is -0.117. The van der Waals surface area contributed by atoms with Gasteiger partial charge in [-0.05, 0) is 24.4 Å². The summed E-state index contributed by atoms with van der Waals surface area (Å²) in [4.78, 5) is 13.8. The van der Waals surface area contributed by atoms with E-state index in [2.05, 4.69) is 10.7 Å². The highest BCUT2D eigenvalue weighted by molar-refractivity contribution is 7.08. The maximum absolute atomic E-state index is 11.8. The van der Waals surface area contributed by atoms with Crippen molar-refractivity contribution in [2.75, 3.05) is 11.4 Å². The minimum Gasteiger partial charge on any atom is -0.311 e. The zero-order valence-corrected chi connectivity index (χ0v) is 8.59. The SMILES string of the molecule is O=C1C[C@H]2NCC[C@@H]2N1c1ccsc1. The van der Waals surface area contributed by atoms with Gasteiger partial charge in [0, 0.05) is 17.8 Å². The van der Waals surface area contributed by atoms with E-state index in [1.165, 1.54) is 0 Å².